The Hall–Kier alpha value is -2.53. The Kier molecular flexibility index (Phi) is 6.04. The van der Waals surface area contributed by atoms with Gasteiger partial charge < -0.3 is 15.5 Å². The van der Waals surface area contributed by atoms with Crippen LogP contribution in [0.2, 0.25) is 5.02 Å². The molecule has 2 rings (SSSR count). The smallest absolute Gasteiger partial charge is 0.255 e. The maximum absolute atomic E-state index is 12.6. The van der Waals surface area contributed by atoms with E-state index in [1.165, 1.54) is 0 Å². The van der Waals surface area contributed by atoms with Crippen molar-refractivity contribution in [3.8, 4) is 0 Å². The molecule has 2 N–H and O–H groups in total. The quantitative estimate of drug-likeness (QED) is 0.853. The largest absolute Gasteiger partial charge is 0.378 e. The van der Waals surface area contributed by atoms with E-state index in [-0.39, 0.29) is 17.9 Å². The first-order valence-electron chi connectivity index (χ1n) is 7.97. The molecule has 0 saturated heterocycles. The predicted molar refractivity (Wildman–Crippen MR) is 103 cm³/mol. The normalized spacial score (nSPS) is 10.5. The van der Waals surface area contributed by atoms with Crippen LogP contribution in [0.3, 0.4) is 0 Å². The standard InChI is InChI=1S/C19H22ClN3O2/c1-12(2)21-19(25)16-9-8-14(20)11-17(16)22-18(24)13-6-5-7-15(10-13)23(3)4/h5-12H,1-4H3,(H,21,25)(H,22,24). The maximum Gasteiger partial charge on any atom is 0.255 e. The highest BCUT2D eigenvalue weighted by Crippen LogP contribution is 2.23. The van der Waals surface area contributed by atoms with E-state index in [9.17, 15) is 9.59 Å². The molecule has 5 nitrogen and oxygen atoms in total. The zero-order valence-corrected chi connectivity index (χ0v) is 15.5. The van der Waals surface area contributed by atoms with Crippen molar-refractivity contribution in [2.75, 3.05) is 24.3 Å². The highest BCUT2D eigenvalue weighted by Gasteiger charge is 2.16. The van der Waals surface area contributed by atoms with Gasteiger partial charge in [-0.2, -0.15) is 0 Å². The molecule has 0 radical (unpaired) electrons. The van der Waals surface area contributed by atoms with Gasteiger partial charge in [0.1, 0.15) is 0 Å². The lowest BCUT2D eigenvalue weighted by atomic mass is 10.1. The predicted octanol–water partition coefficient (Wildman–Crippen LogP) is 3.80. The Bertz CT molecular complexity index is 788. The summed E-state index contributed by atoms with van der Waals surface area (Å²) in [7, 11) is 3.81. The first-order valence-corrected chi connectivity index (χ1v) is 8.35. The van der Waals surface area contributed by atoms with Crippen LogP contribution in [-0.2, 0) is 0 Å². The minimum Gasteiger partial charge on any atom is -0.378 e. The van der Waals surface area contributed by atoms with Crippen molar-refractivity contribution in [3.63, 3.8) is 0 Å². The Morgan fingerprint density at radius 2 is 1.76 bits per heavy atom. The van der Waals surface area contributed by atoms with E-state index in [1.807, 2.05) is 45.0 Å². The van der Waals surface area contributed by atoms with Gasteiger partial charge in [0.2, 0.25) is 0 Å². The molecule has 0 heterocycles. The molecule has 0 unspecified atom stereocenters. The summed E-state index contributed by atoms with van der Waals surface area (Å²) in [6.45, 7) is 3.75. The molecule has 0 aromatic heterocycles. The third-order valence-corrected chi connectivity index (χ3v) is 3.75. The van der Waals surface area contributed by atoms with Gasteiger partial charge in [-0.25, -0.2) is 0 Å². The van der Waals surface area contributed by atoms with E-state index in [1.54, 1.807) is 30.3 Å². The van der Waals surface area contributed by atoms with Crippen molar-refractivity contribution < 1.29 is 9.59 Å². The van der Waals surface area contributed by atoms with E-state index in [0.29, 0.717) is 21.8 Å². The molecule has 132 valence electrons. The fraction of sp³-hybridized carbons (Fsp3) is 0.263. The number of anilines is 2. The van der Waals surface area contributed by atoms with Crippen LogP contribution in [-0.4, -0.2) is 32.0 Å². The zero-order valence-electron chi connectivity index (χ0n) is 14.8. The summed E-state index contributed by atoms with van der Waals surface area (Å²) >= 11 is 6.03. The summed E-state index contributed by atoms with van der Waals surface area (Å²) in [5.41, 5.74) is 2.17. The molecule has 0 aliphatic rings. The summed E-state index contributed by atoms with van der Waals surface area (Å²) in [6, 6.07) is 12.0. The lowest BCUT2D eigenvalue weighted by Crippen LogP contribution is -2.31. The highest BCUT2D eigenvalue weighted by molar-refractivity contribution is 6.31. The summed E-state index contributed by atoms with van der Waals surface area (Å²) in [5, 5.41) is 6.04. The lowest BCUT2D eigenvalue weighted by molar-refractivity contribution is 0.0944. The number of nitrogens with zero attached hydrogens (tertiary/aromatic N) is 1. The monoisotopic (exact) mass is 359 g/mol. The first-order chi connectivity index (χ1) is 11.8. The van der Waals surface area contributed by atoms with Gasteiger partial charge in [0, 0.05) is 36.4 Å². The zero-order chi connectivity index (χ0) is 18.6. The van der Waals surface area contributed by atoms with E-state index in [2.05, 4.69) is 10.6 Å². The van der Waals surface area contributed by atoms with Crippen LogP contribution in [0, 0.1) is 0 Å². The van der Waals surface area contributed by atoms with Crippen molar-refractivity contribution in [2.24, 2.45) is 0 Å². The number of hydrogen-bond acceptors (Lipinski definition) is 3. The van der Waals surface area contributed by atoms with Gasteiger partial charge >= 0.3 is 0 Å². The summed E-state index contributed by atoms with van der Waals surface area (Å²) in [5.74, 6) is -0.562. The third-order valence-electron chi connectivity index (χ3n) is 3.52. The SMILES string of the molecule is CC(C)NC(=O)c1ccc(Cl)cc1NC(=O)c1cccc(N(C)C)c1. The van der Waals surface area contributed by atoms with Crippen LogP contribution in [0.4, 0.5) is 11.4 Å². The molecule has 0 saturated carbocycles. The number of hydrogen-bond donors (Lipinski definition) is 2. The second kappa shape index (κ2) is 8.03. The maximum atomic E-state index is 12.6. The molecule has 25 heavy (non-hydrogen) atoms. The Balaban J connectivity index is 2.30. The molecule has 0 fully saturated rings. The summed E-state index contributed by atoms with van der Waals surface area (Å²) < 4.78 is 0. The second-order valence-corrected chi connectivity index (χ2v) is 6.65. The Labute approximate surface area is 153 Å². The number of carbonyl (C=O) groups excluding carboxylic acids is 2. The molecule has 2 aromatic carbocycles. The van der Waals surface area contributed by atoms with Crippen LogP contribution in [0.5, 0.6) is 0 Å². The lowest BCUT2D eigenvalue weighted by Gasteiger charge is -2.15. The van der Waals surface area contributed by atoms with E-state index in [0.717, 1.165) is 5.69 Å². The summed E-state index contributed by atoms with van der Waals surface area (Å²) in [6.07, 6.45) is 0. The molecule has 2 aromatic rings. The topological polar surface area (TPSA) is 61.4 Å². The fourth-order valence-electron chi connectivity index (χ4n) is 2.28. The highest BCUT2D eigenvalue weighted by atomic mass is 35.5. The van der Waals surface area contributed by atoms with Gasteiger partial charge in [-0.3, -0.25) is 9.59 Å². The Morgan fingerprint density at radius 3 is 2.40 bits per heavy atom. The number of benzene rings is 2. The van der Waals surface area contributed by atoms with Gasteiger partial charge in [0.25, 0.3) is 11.8 Å². The molecular weight excluding hydrogens is 338 g/mol. The van der Waals surface area contributed by atoms with Gasteiger partial charge in [-0.05, 0) is 50.2 Å². The van der Waals surface area contributed by atoms with E-state index >= 15 is 0 Å². The first kappa shape index (κ1) is 18.8. The van der Waals surface area contributed by atoms with Crippen molar-refractivity contribution in [1.29, 1.82) is 0 Å². The van der Waals surface area contributed by atoms with E-state index < -0.39 is 0 Å². The van der Waals surface area contributed by atoms with Crippen LogP contribution >= 0.6 is 11.6 Å². The van der Waals surface area contributed by atoms with E-state index in [4.69, 9.17) is 11.6 Å². The van der Waals surface area contributed by atoms with Gasteiger partial charge in [-0.1, -0.05) is 17.7 Å². The fourth-order valence-corrected chi connectivity index (χ4v) is 2.45. The minimum absolute atomic E-state index is 0.0106. The van der Waals surface area contributed by atoms with Gasteiger partial charge in [0.15, 0.2) is 0 Å². The second-order valence-electron chi connectivity index (χ2n) is 6.22. The van der Waals surface area contributed by atoms with Crippen LogP contribution < -0.4 is 15.5 Å². The third kappa shape index (κ3) is 4.97. The van der Waals surface area contributed by atoms with Crippen LogP contribution in [0.15, 0.2) is 42.5 Å². The van der Waals surface area contributed by atoms with Crippen LogP contribution in [0.1, 0.15) is 34.6 Å². The molecule has 0 spiro atoms. The number of amides is 2. The molecule has 0 aliphatic carbocycles. The molecule has 0 aliphatic heterocycles. The molecular formula is C19H22ClN3O2. The molecule has 0 bridgehead atoms. The Morgan fingerprint density at radius 1 is 1.04 bits per heavy atom. The average Bonchev–Trinajstić information content (AvgIpc) is 2.54. The molecule has 6 heteroatoms. The van der Waals surface area contributed by atoms with Crippen molar-refractivity contribution >= 4 is 34.8 Å². The summed E-state index contributed by atoms with van der Waals surface area (Å²) in [4.78, 5) is 26.8. The molecule has 2 amide bonds. The van der Waals surface area contributed by atoms with Crippen molar-refractivity contribution in [3.05, 3.63) is 58.6 Å². The van der Waals surface area contributed by atoms with Gasteiger partial charge in [-0.15, -0.1) is 0 Å². The number of halogens is 1. The van der Waals surface area contributed by atoms with Crippen LogP contribution in [0.25, 0.3) is 0 Å². The number of nitrogens with one attached hydrogen (secondary N) is 2. The van der Waals surface area contributed by atoms with Gasteiger partial charge in [0.05, 0.1) is 11.3 Å². The number of rotatable bonds is 5. The molecule has 0 atom stereocenters. The average molecular weight is 360 g/mol. The van der Waals surface area contributed by atoms with Crippen molar-refractivity contribution in [1.82, 2.24) is 5.32 Å². The van der Waals surface area contributed by atoms with Crippen molar-refractivity contribution in [2.45, 2.75) is 19.9 Å². The minimum atomic E-state index is -0.301. The number of carbonyl (C=O) groups is 2.